The topological polar surface area (TPSA) is 41.6 Å². The Hall–Kier alpha value is -2.31. The molecule has 0 amide bonds. The molecule has 1 heterocycles. The van der Waals surface area contributed by atoms with Crippen molar-refractivity contribution >= 4 is 22.5 Å². The van der Waals surface area contributed by atoms with Gasteiger partial charge in [-0.2, -0.15) is 10.4 Å². The van der Waals surface area contributed by atoms with Crippen LogP contribution in [0.4, 0.5) is 0 Å². The quantitative estimate of drug-likeness (QED) is 0.665. The highest BCUT2D eigenvalue weighted by atomic mass is 35.5. The van der Waals surface area contributed by atoms with Gasteiger partial charge in [0.2, 0.25) is 0 Å². The van der Waals surface area contributed by atoms with Crippen LogP contribution in [0.5, 0.6) is 0 Å². The maximum Gasteiger partial charge on any atom is 0.0992 e. The van der Waals surface area contributed by atoms with Gasteiger partial charge in [0.1, 0.15) is 0 Å². The molecule has 0 aliphatic rings. The normalized spacial score (nSPS) is 10.4. The lowest BCUT2D eigenvalue weighted by atomic mass is 10.2. The van der Waals surface area contributed by atoms with Crippen molar-refractivity contribution in [2.45, 2.75) is 0 Å². The Bertz CT molecular complexity index is 768. The SMILES string of the molecule is N#Cc1ccc(-n2ncc3ccccc32)c(Cl)c1. The number of halogens is 1. The molecule has 2 aromatic carbocycles. The van der Waals surface area contributed by atoms with Gasteiger partial charge >= 0.3 is 0 Å². The fraction of sp³-hybridized carbons (Fsp3) is 0. The first-order valence-electron chi connectivity index (χ1n) is 5.42. The van der Waals surface area contributed by atoms with Crippen molar-refractivity contribution in [1.82, 2.24) is 9.78 Å². The molecule has 0 saturated carbocycles. The third-order valence-corrected chi connectivity index (χ3v) is 3.08. The van der Waals surface area contributed by atoms with Crippen LogP contribution in [0, 0.1) is 11.3 Å². The summed E-state index contributed by atoms with van der Waals surface area (Å²) in [7, 11) is 0. The molecule has 0 fully saturated rings. The van der Waals surface area contributed by atoms with E-state index in [9.17, 15) is 0 Å². The number of para-hydroxylation sites is 1. The van der Waals surface area contributed by atoms with Crippen LogP contribution in [-0.2, 0) is 0 Å². The van der Waals surface area contributed by atoms with E-state index < -0.39 is 0 Å². The first-order valence-corrected chi connectivity index (χ1v) is 5.80. The number of nitriles is 1. The second-order valence-corrected chi connectivity index (χ2v) is 4.30. The Morgan fingerprint density at radius 1 is 1.17 bits per heavy atom. The molecule has 0 radical (unpaired) electrons. The molecule has 3 nitrogen and oxygen atoms in total. The summed E-state index contributed by atoms with van der Waals surface area (Å²) in [6.07, 6.45) is 1.80. The molecule has 0 spiro atoms. The summed E-state index contributed by atoms with van der Waals surface area (Å²) in [4.78, 5) is 0. The summed E-state index contributed by atoms with van der Waals surface area (Å²) in [6.45, 7) is 0. The Labute approximate surface area is 109 Å². The lowest BCUT2D eigenvalue weighted by molar-refractivity contribution is 0.911. The Morgan fingerprint density at radius 3 is 2.78 bits per heavy atom. The fourth-order valence-corrected chi connectivity index (χ4v) is 2.17. The number of aromatic nitrogens is 2. The highest BCUT2D eigenvalue weighted by molar-refractivity contribution is 6.32. The molecule has 86 valence electrons. The molecule has 4 heteroatoms. The average Bonchev–Trinajstić information content (AvgIpc) is 2.82. The molecule has 0 aliphatic carbocycles. The molecule has 0 atom stereocenters. The van der Waals surface area contributed by atoms with E-state index in [2.05, 4.69) is 11.2 Å². The standard InChI is InChI=1S/C14H8ClN3/c15-12-7-10(8-16)5-6-14(12)18-13-4-2-1-3-11(13)9-17-18/h1-7,9H. The largest absolute Gasteiger partial charge is 0.232 e. The van der Waals surface area contributed by atoms with Gasteiger partial charge in [0.25, 0.3) is 0 Å². The zero-order chi connectivity index (χ0) is 12.5. The smallest absolute Gasteiger partial charge is 0.0992 e. The molecule has 0 unspecified atom stereocenters. The second-order valence-electron chi connectivity index (χ2n) is 3.89. The maximum absolute atomic E-state index is 8.82. The highest BCUT2D eigenvalue weighted by Crippen LogP contribution is 2.25. The number of nitrogens with zero attached hydrogens (tertiary/aromatic N) is 3. The van der Waals surface area contributed by atoms with Crippen LogP contribution in [0.1, 0.15) is 5.56 Å². The monoisotopic (exact) mass is 253 g/mol. The molecule has 1 aromatic heterocycles. The Kier molecular flexibility index (Phi) is 2.51. The molecular weight excluding hydrogens is 246 g/mol. The van der Waals surface area contributed by atoms with Crippen LogP contribution < -0.4 is 0 Å². The van der Waals surface area contributed by atoms with Crippen molar-refractivity contribution in [3.63, 3.8) is 0 Å². The average molecular weight is 254 g/mol. The van der Waals surface area contributed by atoms with Crippen LogP contribution in [0.15, 0.2) is 48.7 Å². The second kappa shape index (κ2) is 4.17. The molecular formula is C14H8ClN3. The van der Waals surface area contributed by atoms with Gasteiger partial charge in [0, 0.05) is 5.39 Å². The summed E-state index contributed by atoms with van der Waals surface area (Å²) in [5.41, 5.74) is 2.31. The molecule has 18 heavy (non-hydrogen) atoms. The number of hydrogen-bond donors (Lipinski definition) is 0. The van der Waals surface area contributed by atoms with E-state index in [1.54, 1.807) is 29.1 Å². The highest BCUT2D eigenvalue weighted by Gasteiger charge is 2.08. The molecule has 0 bridgehead atoms. The summed E-state index contributed by atoms with van der Waals surface area (Å²) < 4.78 is 1.78. The molecule has 3 aromatic rings. The summed E-state index contributed by atoms with van der Waals surface area (Å²) in [6, 6.07) is 15.2. The predicted molar refractivity (Wildman–Crippen MR) is 70.8 cm³/mol. The molecule has 0 aliphatic heterocycles. The van der Waals surface area contributed by atoms with E-state index in [0.717, 1.165) is 16.6 Å². The first kappa shape index (κ1) is 10.8. The predicted octanol–water partition coefficient (Wildman–Crippen LogP) is 3.55. The van der Waals surface area contributed by atoms with Crippen LogP contribution in [0.2, 0.25) is 5.02 Å². The van der Waals surface area contributed by atoms with Crippen LogP contribution in [-0.4, -0.2) is 9.78 Å². The third-order valence-electron chi connectivity index (χ3n) is 2.78. The van der Waals surface area contributed by atoms with Gasteiger partial charge in [-0.15, -0.1) is 0 Å². The summed E-state index contributed by atoms with van der Waals surface area (Å²) in [5.74, 6) is 0. The van der Waals surface area contributed by atoms with Crippen molar-refractivity contribution in [3.8, 4) is 11.8 Å². The number of benzene rings is 2. The lowest BCUT2D eigenvalue weighted by Gasteiger charge is -2.06. The maximum atomic E-state index is 8.82. The van der Waals surface area contributed by atoms with Crippen LogP contribution in [0.3, 0.4) is 0 Å². The number of hydrogen-bond acceptors (Lipinski definition) is 2. The van der Waals surface area contributed by atoms with Gasteiger partial charge in [-0.25, -0.2) is 4.68 Å². The van der Waals surface area contributed by atoms with Gasteiger partial charge < -0.3 is 0 Å². The fourth-order valence-electron chi connectivity index (χ4n) is 1.91. The van der Waals surface area contributed by atoms with E-state index in [0.29, 0.717) is 10.6 Å². The minimum atomic E-state index is 0.517. The van der Waals surface area contributed by atoms with Gasteiger partial charge in [-0.3, -0.25) is 0 Å². The number of fused-ring (bicyclic) bond motifs is 1. The Morgan fingerprint density at radius 2 is 2.00 bits per heavy atom. The number of rotatable bonds is 1. The van der Waals surface area contributed by atoms with E-state index in [-0.39, 0.29) is 0 Å². The zero-order valence-electron chi connectivity index (χ0n) is 9.34. The Balaban J connectivity index is 2.24. The minimum absolute atomic E-state index is 0.517. The van der Waals surface area contributed by atoms with E-state index in [4.69, 9.17) is 16.9 Å². The van der Waals surface area contributed by atoms with E-state index in [1.807, 2.05) is 24.3 Å². The summed E-state index contributed by atoms with van der Waals surface area (Å²) >= 11 is 6.19. The third kappa shape index (κ3) is 1.64. The molecule has 3 rings (SSSR count). The van der Waals surface area contributed by atoms with Crippen molar-refractivity contribution in [2.75, 3.05) is 0 Å². The van der Waals surface area contributed by atoms with Crippen molar-refractivity contribution in [1.29, 1.82) is 5.26 Å². The van der Waals surface area contributed by atoms with E-state index in [1.165, 1.54) is 0 Å². The van der Waals surface area contributed by atoms with Gasteiger partial charge in [-0.05, 0) is 24.3 Å². The van der Waals surface area contributed by atoms with Gasteiger partial charge in [0.05, 0.1) is 34.1 Å². The van der Waals surface area contributed by atoms with Crippen molar-refractivity contribution in [3.05, 3.63) is 59.2 Å². The van der Waals surface area contributed by atoms with Gasteiger partial charge in [0.15, 0.2) is 0 Å². The van der Waals surface area contributed by atoms with Crippen LogP contribution >= 0.6 is 11.6 Å². The summed E-state index contributed by atoms with van der Waals surface area (Å²) in [5, 5.41) is 14.7. The molecule has 0 N–H and O–H groups in total. The van der Waals surface area contributed by atoms with Crippen molar-refractivity contribution < 1.29 is 0 Å². The van der Waals surface area contributed by atoms with E-state index >= 15 is 0 Å². The minimum Gasteiger partial charge on any atom is -0.232 e. The molecule has 0 saturated heterocycles. The zero-order valence-corrected chi connectivity index (χ0v) is 10.1. The lowest BCUT2D eigenvalue weighted by Crippen LogP contribution is -1.97. The van der Waals surface area contributed by atoms with Crippen molar-refractivity contribution in [2.24, 2.45) is 0 Å². The first-order chi connectivity index (χ1) is 8.79. The van der Waals surface area contributed by atoms with Gasteiger partial charge in [-0.1, -0.05) is 29.8 Å². The van der Waals surface area contributed by atoms with Crippen LogP contribution in [0.25, 0.3) is 16.6 Å².